The van der Waals surface area contributed by atoms with E-state index < -0.39 is 0 Å². The fraction of sp³-hybridized carbons (Fsp3) is 0.103. The van der Waals surface area contributed by atoms with Crippen LogP contribution in [0.4, 0.5) is 0 Å². The molecule has 0 radical (unpaired) electrons. The highest BCUT2D eigenvalue weighted by molar-refractivity contribution is 6.42. The highest BCUT2D eigenvalue weighted by atomic mass is 16.2. The molecule has 6 heteroatoms. The quantitative estimate of drug-likeness (QED) is 0.263. The predicted molar refractivity (Wildman–Crippen MR) is 135 cm³/mol. The maximum Gasteiger partial charge on any atom is 0.197 e. The van der Waals surface area contributed by atoms with Gasteiger partial charge in [-0.25, -0.2) is 4.98 Å². The molecule has 2 heterocycles. The van der Waals surface area contributed by atoms with Crippen molar-refractivity contribution >= 4 is 39.6 Å². The SMILES string of the molecule is CCn1c(C=C2C(=O)c3cc4ccccc4cc3C2=O)cc2c1nc(-c1ccc(C#N)cc1)n2C. The van der Waals surface area contributed by atoms with Gasteiger partial charge in [0.1, 0.15) is 5.82 Å². The van der Waals surface area contributed by atoms with Crippen molar-refractivity contribution in [3.05, 3.63) is 94.7 Å². The van der Waals surface area contributed by atoms with E-state index in [1.54, 1.807) is 18.2 Å². The van der Waals surface area contributed by atoms with E-state index in [0.717, 1.165) is 39.0 Å². The minimum Gasteiger partial charge on any atom is -0.326 e. The first-order chi connectivity index (χ1) is 17.0. The van der Waals surface area contributed by atoms with Gasteiger partial charge in [-0.1, -0.05) is 24.3 Å². The normalized spacial score (nSPS) is 13.0. The number of hydrogen-bond acceptors (Lipinski definition) is 4. The first kappa shape index (κ1) is 20.8. The van der Waals surface area contributed by atoms with Crippen LogP contribution in [0.3, 0.4) is 0 Å². The van der Waals surface area contributed by atoms with Crippen molar-refractivity contribution in [2.45, 2.75) is 13.5 Å². The van der Waals surface area contributed by atoms with E-state index in [1.807, 2.05) is 77.7 Å². The van der Waals surface area contributed by atoms with Crippen molar-refractivity contribution in [2.75, 3.05) is 0 Å². The van der Waals surface area contributed by atoms with Crippen LogP contribution in [-0.2, 0) is 13.6 Å². The molecule has 1 aliphatic carbocycles. The van der Waals surface area contributed by atoms with Crippen molar-refractivity contribution in [3.8, 4) is 17.5 Å². The van der Waals surface area contributed by atoms with Gasteiger partial charge in [-0.3, -0.25) is 9.59 Å². The topological polar surface area (TPSA) is 80.7 Å². The molecule has 1 aliphatic rings. The van der Waals surface area contributed by atoms with Crippen molar-refractivity contribution in [2.24, 2.45) is 7.05 Å². The minimum absolute atomic E-state index is 0.181. The monoisotopic (exact) mass is 456 g/mol. The number of ketones is 2. The average molecular weight is 457 g/mol. The number of aromatic nitrogens is 3. The molecule has 0 atom stereocenters. The number of fused-ring (bicyclic) bond motifs is 3. The number of carbonyl (C=O) groups excluding carboxylic acids is 2. The number of rotatable bonds is 3. The fourth-order valence-corrected chi connectivity index (χ4v) is 4.89. The van der Waals surface area contributed by atoms with E-state index in [-0.39, 0.29) is 17.1 Å². The summed E-state index contributed by atoms with van der Waals surface area (Å²) < 4.78 is 4.00. The highest BCUT2D eigenvalue weighted by Crippen LogP contribution is 2.33. The Labute approximate surface area is 201 Å². The van der Waals surface area contributed by atoms with Crippen LogP contribution in [0.1, 0.15) is 38.9 Å². The Morgan fingerprint density at radius 1 is 0.943 bits per heavy atom. The largest absolute Gasteiger partial charge is 0.326 e. The molecule has 6 nitrogen and oxygen atoms in total. The fourth-order valence-electron chi connectivity index (χ4n) is 4.89. The highest BCUT2D eigenvalue weighted by Gasteiger charge is 2.34. The third kappa shape index (κ3) is 3.06. The van der Waals surface area contributed by atoms with E-state index >= 15 is 0 Å². The van der Waals surface area contributed by atoms with Gasteiger partial charge in [0.15, 0.2) is 17.2 Å². The van der Waals surface area contributed by atoms with E-state index in [9.17, 15) is 9.59 Å². The lowest BCUT2D eigenvalue weighted by atomic mass is 10.0. The summed E-state index contributed by atoms with van der Waals surface area (Å²) in [4.78, 5) is 31.3. The van der Waals surface area contributed by atoms with Gasteiger partial charge in [0.05, 0.1) is 22.7 Å². The zero-order chi connectivity index (χ0) is 24.3. The lowest BCUT2D eigenvalue weighted by Gasteiger charge is -2.05. The molecule has 3 aromatic carbocycles. The molecule has 5 aromatic rings. The first-order valence-electron chi connectivity index (χ1n) is 11.4. The van der Waals surface area contributed by atoms with Crippen LogP contribution in [0, 0.1) is 11.3 Å². The van der Waals surface area contributed by atoms with Crippen LogP contribution in [0.2, 0.25) is 0 Å². The molecule has 35 heavy (non-hydrogen) atoms. The smallest absolute Gasteiger partial charge is 0.197 e. The van der Waals surface area contributed by atoms with E-state index in [1.165, 1.54) is 0 Å². The molecule has 0 aliphatic heterocycles. The van der Waals surface area contributed by atoms with Gasteiger partial charge in [0, 0.05) is 36.0 Å². The second-order valence-electron chi connectivity index (χ2n) is 8.67. The molecule has 0 unspecified atom stereocenters. The van der Waals surface area contributed by atoms with E-state index in [2.05, 4.69) is 6.07 Å². The Hall–Kier alpha value is -4.76. The van der Waals surface area contributed by atoms with Crippen LogP contribution in [0.15, 0.2) is 72.3 Å². The van der Waals surface area contributed by atoms with Gasteiger partial charge >= 0.3 is 0 Å². The molecule has 0 amide bonds. The summed E-state index contributed by atoms with van der Waals surface area (Å²) in [5, 5.41) is 10.9. The van der Waals surface area contributed by atoms with Crippen LogP contribution in [-0.4, -0.2) is 25.7 Å². The molecule has 0 saturated carbocycles. The van der Waals surface area contributed by atoms with Gasteiger partial charge in [0.2, 0.25) is 0 Å². The second-order valence-corrected chi connectivity index (χ2v) is 8.67. The third-order valence-electron chi connectivity index (χ3n) is 6.72. The summed E-state index contributed by atoms with van der Waals surface area (Å²) >= 11 is 0. The Bertz CT molecular complexity index is 1720. The average Bonchev–Trinajstić information content (AvgIpc) is 3.47. The molecule has 6 rings (SSSR count). The van der Waals surface area contributed by atoms with Crippen LogP contribution < -0.4 is 0 Å². The van der Waals surface area contributed by atoms with E-state index in [0.29, 0.717) is 23.2 Å². The van der Waals surface area contributed by atoms with Crippen molar-refractivity contribution in [3.63, 3.8) is 0 Å². The maximum atomic E-state index is 13.2. The zero-order valence-corrected chi connectivity index (χ0v) is 19.2. The Morgan fingerprint density at radius 3 is 2.14 bits per heavy atom. The summed E-state index contributed by atoms with van der Waals surface area (Å²) in [6, 6.07) is 22.8. The molecule has 2 aromatic heterocycles. The molecule has 0 spiro atoms. The summed E-state index contributed by atoms with van der Waals surface area (Å²) in [6.07, 6.45) is 1.70. The number of nitriles is 1. The number of imidazole rings is 1. The van der Waals surface area contributed by atoms with Gasteiger partial charge in [-0.2, -0.15) is 5.26 Å². The number of carbonyl (C=O) groups is 2. The summed E-state index contributed by atoms with van der Waals surface area (Å²) in [5.41, 5.74) is 5.05. The Morgan fingerprint density at radius 2 is 1.57 bits per heavy atom. The lowest BCUT2D eigenvalue weighted by Crippen LogP contribution is -2.03. The predicted octanol–water partition coefficient (Wildman–Crippen LogP) is 5.55. The summed E-state index contributed by atoms with van der Waals surface area (Å²) in [5.74, 6) is 0.304. The number of nitrogens with zero attached hydrogens (tertiary/aromatic N) is 4. The van der Waals surface area contributed by atoms with Gasteiger partial charge < -0.3 is 9.13 Å². The molecular formula is C29H20N4O2. The summed E-state index contributed by atoms with van der Waals surface area (Å²) in [6.45, 7) is 2.64. The molecule has 168 valence electrons. The minimum atomic E-state index is -0.241. The van der Waals surface area contributed by atoms with Crippen LogP contribution >= 0.6 is 0 Å². The second kappa shape index (κ2) is 7.64. The standard InChI is InChI=1S/C29H20N4O2/c1-3-33-21(15-25-29(33)31-28(32(25)2)18-10-8-17(16-30)9-11-18)14-24-26(34)22-12-19-6-4-5-7-20(19)13-23(22)27(24)35/h4-15H,3H2,1-2H3. The van der Waals surface area contributed by atoms with Crippen molar-refractivity contribution in [1.82, 2.24) is 14.1 Å². The molecule has 0 fully saturated rings. The van der Waals surface area contributed by atoms with Gasteiger partial charge in [0.25, 0.3) is 0 Å². The molecule has 0 bridgehead atoms. The van der Waals surface area contributed by atoms with Crippen molar-refractivity contribution in [1.29, 1.82) is 5.26 Å². The zero-order valence-electron chi connectivity index (χ0n) is 19.2. The summed E-state index contributed by atoms with van der Waals surface area (Å²) in [7, 11) is 1.94. The van der Waals surface area contributed by atoms with E-state index in [4.69, 9.17) is 10.2 Å². The lowest BCUT2D eigenvalue weighted by molar-refractivity contribution is 0.0990. The first-order valence-corrected chi connectivity index (χ1v) is 11.4. The third-order valence-corrected chi connectivity index (χ3v) is 6.72. The van der Waals surface area contributed by atoms with Crippen LogP contribution in [0.25, 0.3) is 39.4 Å². The maximum absolute atomic E-state index is 13.2. The number of allylic oxidation sites excluding steroid dienone is 1. The van der Waals surface area contributed by atoms with Crippen LogP contribution in [0.5, 0.6) is 0 Å². The number of aryl methyl sites for hydroxylation is 2. The molecule has 0 saturated heterocycles. The molecule has 0 N–H and O–H groups in total. The van der Waals surface area contributed by atoms with Crippen molar-refractivity contribution < 1.29 is 9.59 Å². The number of benzene rings is 3. The molecular weight excluding hydrogens is 436 g/mol. The van der Waals surface area contributed by atoms with Gasteiger partial charge in [-0.15, -0.1) is 0 Å². The Kier molecular flexibility index (Phi) is 4.55. The van der Waals surface area contributed by atoms with Gasteiger partial charge in [-0.05, 0) is 66.2 Å². The number of Topliss-reactive ketones (excluding diaryl/α,β-unsaturated/α-hetero) is 2. The Balaban J connectivity index is 1.45. The number of hydrogen-bond donors (Lipinski definition) is 0.